The van der Waals surface area contributed by atoms with Crippen LogP contribution in [0.5, 0.6) is 0 Å². The van der Waals surface area contributed by atoms with Gasteiger partial charge in [0.25, 0.3) is 0 Å². The van der Waals surface area contributed by atoms with Crippen molar-refractivity contribution in [2.75, 3.05) is 13.1 Å². The van der Waals surface area contributed by atoms with E-state index in [1.165, 1.54) is 11.4 Å². The zero-order valence-corrected chi connectivity index (χ0v) is 14.2. The van der Waals surface area contributed by atoms with E-state index in [-0.39, 0.29) is 0 Å². The molecule has 3 heteroatoms. The minimum Gasteiger partial charge on any atom is -0.316 e. The van der Waals surface area contributed by atoms with Crippen molar-refractivity contribution in [2.45, 2.75) is 60.9 Å². The fraction of sp³-hybridized carbons (Fsp3) is 0.824. The highest BCUT2D eigenvalue weighted by Gasteiger charge is 2.16. The van der Waals surface area contributed by atoms with Crippen molar-refractivity contribution in [2.24, 2.45) is 17.8 Å². The standard InChI is InChI=1S/C17H33N3/c1-7-16-10-17(20(8-2)19-16)9-14(5)15(6)12-18-11-13(3)4/h10,13-15,18H,7-9,11-12H2,1-6H3. The second-order valence-corrected chi connectivity index (χ2v) is 6.51. The van der Waals surface area contributed by atoms with Crippen LogP contribution in [0.4, 0.5) is 0 Å². The lowest BCUT2D eigenvalue weighted by Gasteiger charge is -2.21. The molecule has 0 saturated carbocycles. The fourth-order valence-electron chi connectivity index (χ4n) is 2.46. The predicted molar refractivity (Wildman–Crippen MR) is 87.0 cm³/mol. The molecule has 20 heavy (non-hydrogen) atoms. The molecule has 0 aliphatic rings. The molecule has 1 aromatic heterocycles. The van der Waals surface area contributed by atoms with Crippen LogP contribution in [0.2, 0.25) is 0 Å². The number of rotatable bonds is 9. The summed E-state index contributed by atoms with van der Waals surface area (Å²) in [5, 5.41) is 8.22. The maximum Gasteiger partial charge on any atom is 0.0624 e. The van der Waals surface area contributed by atoms with E-state index >= 15 is 0 Å². The monoisotopic (exact) mass is 279 g/mol. The summed E-state index contributed by atoms with van der Waals surface area (Å²) < 4.78 is 2.17. The first-order valence-corrected chi connectivity index (χ1v) is 8.24. The second kappa shape index (κ2) is 8.46. The molecule has 2 atom stereocenters. The molecule has 1 aromatic rings. The Bertz CT molecular complexity index is 382. The van der Waals surface area contributed by atoms with Crippen LogP contribution < -0.4 is 5.32 Å². The highest BCUT2D eigenvalue weighted by Crippen LogP contribution is 2.18. The van der Waals surface area contributed by atoms with Crippen LogP contribution >= 0.6 is 0 Å². The summed E-state index contributed by atoms with van der Waals surface area (Å²) >= 11 is 0. The maximum atomic E-state index is 4.65. The summed E-state index contributed by atoms with van der Waals surface area (Å²) in [5.74, 6) is 2.10. The molecular formula is C17H33N3. The van der Waals surface area contributed by atoms with Gasteiger partial charge in [0.15, 0.2) is 0 Å². The van der Waals surface area contributed by atoms with E-state index < -0.39 is 0 Å². The molecule has 1 heterocycles. The summed E-state index contributed by atoms with van der Waals surface area (Å²) in [4.78, 5) is 0. The van der Waals surface area contributed by atoms with Crippen molar-refractivity contribution in [3.05, 3.63) is 17.5 Å². The van der Waals surface area contributed by atoms with Crippen molar-refractivity contribution in [3.63, 3.8) is 0 Å². The van der Waals surface area contributed by atoms with Crippen molar-refractivity contribution in [3.8, 4) is 0 Å². The van der Waals surface area contributed by atoms with Crippen LogP contribution in [0.15, 0.2) is 6.07 Å². The molecule has 0 aromatic carbocycles. The summed E-state index contributed by atoms with van der Waals surface area (Å²) in [6, 6.07) is 2.29. The normalized spacial score (nSPS) is 14.8. The zero-order valence-electron chi connectivity index (χ0n) is 14.2. The fourth-order valence-corrected chi connectivity index (χ4v) is 2.46. The van der Waals surface area contributed by atoms with Crippen molar-refractivity contribution >= 4 is 0 Å². The molecule has 0 aliphatic carbocycles. The van der Waals surface area contributed by atoms with Crippen LogP contribution in [-0.4, -0.2) is 22.9 Å². The van der Waals surface area contributed by atoms with Gasteiger partial charge in [-0.3, -0.25) is 4.68 Å². The van der Waals surface area contributed by atoms with E-state index in [4.69, 9.17) is 0 Å². The third-order valence-corrected chi connectivity index (χ3v) is 4.10. The van der Waals surface area contributed by atoms with Crippen LogP contribution in [0.3, 0.4) is 0 Å². The minimum atomic E-state index is 0.682. The lowest BCUT2D eigenvalue weighted by Crippen LogP contribution is -2.29. The van der Waals surface area contributed by atoms with Gasteiger partial charge in [-0.15, -0.1) is 0 Å². The van der Waals surface area contributed by atoms with Gasteiger partial charge >= 0.3 is 0 Å². The Hall–Kier alpha value is -0.830. The van der Waals surface area contributed by atoms with Gasteiger partial charge in [0.2, 0.25) is 0 Å². The Morgan fingerprint density at radius 1 is 1.10 bits per heavy atom. The molecule has 3 nitrogen and oxygen atoms in total. The largest absolute Gasteiger partial charge is 0.316 e. The van der Waals surface area contributed by atoms with E-state index in [1.807, 2.05) is 0 Å². The highest BCUT2D eigenvalue weighted by molar-refractivity contribution is 5.11. The SMILES string of the molecule is CCc1cc(CC(C)C(C)CNCC(C)C)n(CC)n1. The average molecular weight is 279 g/mol. The molecule has 0 radical (unpaired) electrons. The summed E-state index contributed by atoms with van der Waals surface area (Å²) in [5.41, 5.74) is 2.62. The third kappa shape index (κ3) is 5.28. The Morgan fingerprint density at radius 2 is 1.80 bits per heavy atom. The molecule has 116 valence electrons. The lowest BCUT2D eigenvalue weighted by molar-refractivity contribution is 0.350. The van der Waals surface area contributed by atoms with Gasteiger partial charge in [0, 0.05) is 12.2 Å². The number of hydrogen-bond donors (Lipinski definition) is 1. The quantitative estimate of drug-likeness (QED) is 0.749. The summed E-state index contributed by atoms with van der Waals surface area (Å²) in [6.07, 6.45) is 2.16. The highest BCUT2D eigenvalue weighted by atomic mass is 15.3. The molecule has 0 bridgehead atoms. The Morgan fingerprint density at radius 3 is 2.35 bits per heavy atom. The van der Waals surface area contributed by atoms with E-state index in [1.54, 1.807) is 0 Å². The van der Waals surface area contributed by atoms with Gasteiger partial charge in [-0.25, -0.2) is 0 Å². The maximum absolute atomic E-state index is 4.65. The number of nitrogens with zero attached hydrogens (tertiary/aromatic N) is 2. The molecule has 0 saturated heterocycles. The first-order valence-electron chi connectivity index (χ1n) is 8.24. The van der Waals surface area contributed by atoms with Gasteiger partial charge in [0.1, 0.15) is 0 Å². The first-order chi connectivity index (χ1) is 9.47. The molecule has 0 fully saturated rings. The zero-order chi connectivity index (χ0) is 15.1. The smallest absolute Gasteiger partial charge is 0.0624 e. The molecule has 1 rings (SSSR count). The van der Waals surface area contributed by atoms with E-state index in [9.17, 15) is 0 Å². The number of hydrogen-bond acceptors (Lipinski definition) is 2. The Labute approximate surface area is 125 Å². The van der Waals surface area contributed by atoms with Gasteiger partial charge < -0.3 is 5.32 Å². The first kappa shape index (κ1) is 17.2. The number of aromatic nitrogens is 2. The molecule has 1 N–H and O–H groups in total. The van der Waals surface area contributed by atoms with E-state index in [2.05, 4.69) is 62.7 Å². The molecule has 0 aliphatic heterocycles. The number of nitrogens with one attached hydrogen (secondary N) is 1. The van der Waals surface area contributed by atoms with Gasteiger partial charge in [0.05, 0.1) is 5.69 Å². The molecule has 0 amide bonds. The van der Waals surface area contributed by atoms with Crippen LogP contribution in [0.1, 0.15) is 52.9 Å². The van der Waals surface area contributed by atoms with E-state index in [0.717, 1.165) is 38.4 Å². The average Bonchev–Trinajstić information content (AvgIpc) is 2.80. The van der Waals surface area contributed by atoms with Crippen LogP contribution in [0.25, 0.3) is 0 Å². The second-order valence-electron chi connectivity index (χ2n) is 6.51. The van der Waals surface area contributed by atoms with E-state index in [0.29, 0.717) is 11.8 Å². The number of aryl methyl sites for hydroxylation is 2. The third-order valence-electron chi connectivity index (χ3n) is 4.10. The lowest BCUT2D eigenvalue weighted by atomic mass is 9.91. The van der Waals surface area contributed by atoms with Gasteiger partial charge in [-0.1, -0.05) is 34.6 Å². The minimum absolute atomic E-state index is 0.682. The van der Waals surface area contributed by atoms with Crippen molar-refractivity contribution < 1.29 is 0 Å². The Balaban J connectivity index is 2.51. The summed E-state index contributed by atoms with van der Waals surface area (Å²) in [6.45, 7) is 16.8. The van der Waals surface area contributed by atoms with Crippen LogP contribution in [0, 0.1) is 17.8 Å². The topological polar surface area (TPSA) is 29.9 Å². The Kier molecular flexibility index (Phi) is 7.28. The van der Waals surface area contributed by atoms with Gasteiger partial charge in [-0.2, -0.15) is 5.10 Å². The van der Waals surface area contributed by atoms with Crippen LogP contribution in [-0.2, 0) is 19.4 Å². The molecular weight excluding hydrogens is 246 g/mol. The predicted octanol–water partition coefficient (Wildman–Crippen LogP) is 3.53. The molecule has 0 spiro atoms. The van der Waals surface area contributed by atoms with Crippen molar-refractivity contribution in [1.82, 2.24) is 15.1 Å². The van der Waals surface area contributed by atoms with Crippen molar-refractivity contribution in [1.29, 1.82) is 0 Å². The molecule has 2 unspecified atom stereocenters. The van der Waals surface area contributed by atoms with Gasteiger partial charge in [-0.05, 0) is 56.7 Å². The summed E-state index contributed by atoms with van der Waals surface area (Å²) in [7, 11) is 0.